The van der Waals surface area contributed by atoms with E-state index in [9.17, 15) is 8.42 Å². The molecule has 2 aliphatic rings. The first-order chi connectivity index (χ1) is 11.0. The normalized spacial score (nSPS) is 24.4. The fraction of sp³-hybridized carbons (Fsp3) is 0.647. The van der Waals surface area contributed by atoms with Crippen molar-refractivity contribution in [3.63, 3.8) is 0 Å². The Balaban J connectivity index is 1.74. The van der Waals surface area contributed by atoms with Crippen molar-refractivity contribution < 1.29 is 8.42 Å². The van der Waals surface area contributed by atoms with Crippen molar-refractivity contribution in [1.82, 2.24) is 14.5 Å². The molecule has 2 saturated heterocycles. The maximum atomic E-state index is 12.9. The van der Waals surface area contributed by atoms with Gasteiger partial charge in [0.15, 0.2) is 0 Å². The molecule has 23 heavy (non-hydrogen) atoms. The topological polar surface area (TPSA) is 52.7 Å². The molecule has 0 radical (unpaired) electrons. The molecular formula is C17H27N3O2S. The molecule has 2 fully saturated rings. The first kappa shape index (κ1) is 16.9. The van der Waals surface area contributed by atoms with Gasteiger partial charge in [0.25, 0.3) is 0 Å². The van der Waals surface area contributed by atoms with Crippen LogP contribution in [-0.4, -0.2) is 62.9 Å². The quantitative estimate of drug-likeness (QED) is 0.904. The largest absolute Gasteiger partial charge is 0.314 e. The monoisotopic (exact) mass is 337 g/mol. The lowest BCUT2D eigenvalue weighted by Gasteiger charge is -2.32. The van der Waals surface area contributed by atoms with Gasteiger partial charge in [0.1, 0.15) is 0 Å². The first-order valence-corrected chi connectivity index (χ1v) is 9.97. The van der Waals surface area contributed by atoms with Gasteiger partial charge in [0, 0.05) is 45.3 Å². The Morgan fingerprint density at radius 1 is 1.17 bits per heavy atom. The summed E-state index contributed by atoms with van der Waals surface area (Å²) in [6, 6.07) is 7.76. The third kappa shape index (κ3) is 3.60. The van der Waals surface area contributed by atoms with Gasteiger partial charge in [-0.05, 0) is 30.0 Å². The summed E-state index contributed by atoms with van der Waals surface area (Å²) in [5.41, 5.74) is 1.07. The van der Waals surface area contributed by atoms with Crippen LogP contribution in [0.1, 0.15) is 31.7 Å². The number of benzene rings is 1. The lowest BCUT2D eigenvalue weighted by atomic mass is 10.0. The van der Waals surface area contributed by atoms with Crippen LogP contribution in [-0.2, 0) is 10.0 Å². The highest BCUT2D eigenvalue weighted by Gasteiger charge is 2.35. The molecule has 2 aliphatic heterocycles. The second kappa shape index (κ2) is 6.89. The zero-order valence-corrected chi connectivity index (χ0v) is 14.8. The Morgan fingerprint density at radius 2 is 1.91 bits per heavy atom. The van der Waals surface area contributed by atoms with E-state index in [2.05, 4.69) is 24.1 Å². The highest BCUT2D eigenvalue weighted by Crippen LogP contribution is 2.26. The molecule has 128 valence electrons. The van der Waals surface area contributed by atoms with E-state index >= 15 is 0 Å². The second-order valence-electron chi connectivity index (χ2n) is 6.82. The van der Waals surface area contributed by atoms with Crippen molar-refractivity contribution >= 4 is 10.0 Å². The number of hydrogen-bond acceptors (Lipinski definition) is 4. The van der Waals surface area contributed by atoms with Crippen LogP contribution in [0.5, 0.6) is 0 Å². The Labute approximate surface area is 139 Å². The SMILES string of the molecule is CC(C)c1cccc(S(=O)(=O)N2CCC(N3CCNCC3)C2)c1. The molecule has 2 heterocycles. The van der Waals surface area contributed by atoms with Gasteiger partial charge in [-0.1, -0.05) is 26.0 Å². The van der Waals surface area contributed by atoms with Crippen molar-refractivity contribution in [2.75, 3.05) is 39.3 Å². The molecule has 0 saturated carbocycles. The fourth-order valence-electron chi connectivity index (χ4n) is 3.46. The summed E-state index contributed by atoms with van der Waals surface area (Å²) in [5.74, 6) is 0.331. The van der Waals surface area contributed by atoms with E-state index in [4.69, 9.17) is 0 Å². The zero-order chi connectivity index (χ0) is 16.4. The maximum Gasteiger partial charge on any atom is 0.243 e. The minimum atomic E-state index is -3.38. The second-order valence-corrected chi connectivity index (χ2v) is 8.76. The summed E-state index contributed by atoms with van der Waals surface area (Å²) >= 11 is 0. The Morgan fingerprint density at radius 3 is 2.61 bits per heavy atom. The number of nitrogens with zero attached hydrogens (tertiary/aromatic N) is 2. The van der Waals surface area contributed by atoms with Gasteiger partial charge >= 0.3 is 0 Å². The summed E-state index contributed by atoms with van der Waals surface area (Å²) in [6.45, 7) is 9.45. The van der Waals surface area contributed by atoms with Crippen molar-refractivity contribution in [3.05, 3.63) is 29.8 Å². The highest BCUT2D eigenvalue weighted by molar-refractivity contribution is 7.89. The van der Waals surface area contributed by atoms with E-state index in [1.54, 1.807) is 10.4 Å². The van der Waals surface area contributed by atoms with Crippen LogP contribution < -0.4 is 5.32 Å². The number of hydrogen-bond donors (Lipinski definition) is 1. The van der Waals surface area contributed by atoms with Crippen molar-refractivity contribution in [2.24, 2.45) is 0 Å². The molecule has 0 amide bonds. The lowest BCUT2D eigenvalue weighted by molar-refractivity contribution is 0.179. The lowest BCUT2D eigenvalue weighted by Crippen LogP contribution is -2.49. The summed E-state index contributed by atoms with van der Waals surface area (Å²) in [5, 5.41) is 3.35. The zero-order valence-electron chi connectivity index (χ0n) is 14.0. The van der Waals surface area contributed by atoms with E-state index in [1.165, 1.54) is 0 Å². The van der Waals surface area contributed by atoms with Gasteiger partial charge in [0.05, 0.1) is 4.90 Å². The van der Waals surface area contributed by atoms with Crippen LogP contribution in [0.3, 0.4) is 0 Å². The molecule has 1 aromatic carbocycles. The number of rotatable bonds is 4. The van der Waals surface area contributed by atoms with Crippen LogP contribution >= 0.6 is 0 Å². The van der Waals surface area contributed by atoms with Crippen molar-refractivity contribution in [2.45, 2.75) is 37.1 Å². The molecule has 0 spiro atoms. The fourth-order valence-corrected chi connectivity index (χ4v) is 5.01. The predicted octanol–water partition coefficient (Wildman–Crippen LogP) is 1.48. The van der Waals surface area contributed by atoms with E-state index in [0.29, 0.717) is 29.9 Å². The Bertz CT molecular complexity index is 639. The standard InChI is InChI=1S/C17H27N3O2S/c1-14(2)15-4-3-5-17(12-15)23(21,22)20-9-6-16(13-20)19-10-7-18-8-11-19/h3-5,12,14,16,18H,6-11,13H2,1-2H3. The third-order valence-corrected chi connectivity index (χ3v) is 6.82. The molecular weight excluding hydrogens is 310 g/mol. The molecule has 6 heteroatoms. The van der Waals surface area contributed by atoms with Crippen LogP contribution in [0.15, 0.2) is 29.2 Å². The van der Waals surface area contributed by atoms with Crippen molar-refractivity contribution in [3.8, 4) is 0 Å². The molecule has 1 aromatic rings. The molecule has 0 aliphatic carbocycles. The van der Waals surface area contributed by atoms with E-state index < -0.39 is 10.0 Å². The van der Waals surface area contributed by atoms with E-state index in [1.807, 2.05) is 18.2 Å². The van der Waals surface area contributed by atoms with Gasteiger partial charge in [-0.25, -0.2) is 8.42 Å². The van der Waals surface area contributed by atoms with Crippen LogP contribution in [0.4, 0.5) is 0 Å². The average Bonchev–Trinajstić information content (AvgIpc) is 3.06. The maximum absolute atomic E-state index is 12.9. The molecule has 5 nitrogen and oxygen atoms in total. The van der Waals surface area contributed by atoms with Crippen LogP contribution in [0, 0.1) is 0 Å². The van der Waals surface area contributed by atoms with Crippen LogP contribution in [0.25, 0.3) is 0 Å². The molecule has 1 atom stereocenters. The van der Waals surface area contributed by atoms with Gasteiger partial charge in [-0.2, -0.15) is 4.31 Å². The molecule has 0 aromatic heterocycles. The summed E-state index contributed by atoms with van der Waals surface area (Å²) < 4.78 is 27.5. The van der Waals surface area contributed by atoms with Crippen LogP contribution in [0.2, 0.25) is 0 Å². The van der Waals surface area contributed by atoms with Crippen molar-refractivity contribution in [1.29, 1.82) is 0 Å². The molecule has 1 N–H and O–H groups in total. The number of piperazine rings is 1. The van der Waals surface area contributed by atoms with E-state index in [-0.39, 0.29) is 0 Å². The number of nitrogens with one attached hydrogen (secondary N) is 1. The minimum Gasteiger partial charge on any atom is -0.314 e. The average molecular weight is 337 g/mol. The summed E-state index contributed by atoms with van der Waals surface area (Å²) in [7, 11) is -3.38. The third-order valence-electron chi connectivity index (χ3n) is 4.96. The highest BCUT2D eigenvalue weighted by atomic mass is 32.2. The minimum absolute atomic E-state index is 0.331. The molecule has 1 unspecified atom stereocenters. The summed E-state index contributed by atoms with van der Waals surface area (Å²) in [4.78, 5) is 2.86. The van der Waals surface area contributed by atoms with Gasteiger partial charge in [-0.3, -0.25) is 4.90 Å². The Kier molecular flexibility index (Phi) is 5.06. The predicted molar refractivity (Wildman–Crippen MR) is 92.1 cm³/mol. The van der Waals surface area contributed by atoms with Gasteiger partial charge in [-0.15, -0.1) is 0 Å². The van der Waals surface area contributed by atoms with E-state index in [0.717, 1.165) is 38.2 Å². The van der Waals surface area contributed by atoms with Gasteiger partial charge in [0.2, 0.25) is 10.0 Å². The van der Waals surface area contributed by atoms with Gasteiger partial charge < -0.3 is 5.32 Å². The first-order valence-electron chi connectivity index (χ1n) is 8.53. The molecule has 3 rings (SSSR count). The summed E-state index contributed by atoms with van der Waals surface area (Å²) in [6.07, 6.45) is 0.934. The Hall–Kier alpha value is -0.950. The molecule has 0 bridgehead atoms. The number of sulfonamides is 1. The smallest absolute Gasteiger partial charge is 0.243 e.